The number of ether oxygens (including phenoxy) is 1. The first-order valence-electron chi connectivity index (χ1n) is 7.60. The van der Waals surface area contributed by atoms with Gasteiger partial charge >= 0.3 is 6.18 Å². The van der Waals surface area contributed by atoms with Crippen LogP contribution >= 0.6 is 11.3 Å². The first kappa shape index (κ1) is 18.7. The maximum Gasteiger partial charge on any atom is 0.445 e. The van der Waals surface area contributed by atoms with Crippen molar-refractivity contribution in [2.75, 3.05) is 13.2 Å². The van der Waals surface area contributed by atoms with Crippen molar-refractivity contribution in [1.29, 1.82) is 0 Å². The van der Waals surface area contributed by atoms with Gasteiger partial charge in [-0.05, 0) is 24.7 Å². The predicted octanol–water partition coefficient (Wildman–Crippen LogP) is 3.73. The summed E-state index contributed by atoms with van der Waals surface area (Å²) >= 11 is 0.279. The number of likely N-dealkylation sites (N-methyl/N-ethyl adjacent to an activating group) is 1. The molecule has 24 heavy (non-hydrogen) atoms. The minimum absolute atomic E-state index is 0.0180. The summed E-state index contributed by atoms with van der Waals surface area (Å²) in [6.45, 7) is 8.21. The van der Waals surface area contributed by atoms with Gasteiger partial charge in [-0.2, -0.15) is 13.2 Å². The summed E-state index contributed by atoms with van der Waals surface area (Å²) in [4.78, 5) is 14.0. The largest absolute Gasteiger partial charge is 0.459 e. The molecule has 1 aromatic rings. The van der Waals surface area contributed by atoms with Gasteiger partial charge in [0.25, 0.3) is 11.1 Å². The maximum atomic E-state index is 12.5. The summed E-state index contributed by atoms with van der Waals surface area (Å²) in [6.07, 6.45) is -1.54. The van der Waals surface area contributed by atoms with Gasteiger partial charge in [0.1, 0.15) is 0 Å². The number of alkyl halides is 3. The lowest BCUT2D eigenvalue weighted by Crippen LogP contribution is -2.35. The molecule has 0 saturated heterocycles. The average molecular weight is 363 g/mol. The van der Waals surface area contributed by atoms with E-state index in [1.54, 1.807) is 4.90 Å². The Kier molecular flexibility index (Phi) is 5.22. The zero-order valence-electron chi connectivity index (χ0n) is 14.0. The van der Waals surface area contributed by atoms with E-state index < -0.39 is 11.2 Å². The van der Waals surface area contributed by atoms with Crippen molar-refractivity contribution in [3.63, 3.8) is 0 Å². The third-order valence-electron chi connectivity index (χ3n) is 3.77. The number of allylic oxidation sites excluding steroid dienone is 2. The third kappa shape index (κ3) is 4.25. The fourth-order valence-corrected chi connectivity index (χ4v) is 3.49. The Morgan fingerprint density at radius 3 is 2.58 bits per heavy atom. The van der Waals surface area contributed by atoms with E-state index in [9.17, 15) is 18.0 Å². The van der Waals surface area contributed by atoms with Gasteiger partial charge in [0, 0.05) is 12.2 Å². The van der Waals surface area contributed by atoms with Crippen LogP contribution < -0.4 is 4.74 Å². The molecule has 2 rings (SSSR count). The van der Waals surface area contributed by atoms with Crippen molar-refractivity contribution >= 4 is 17.2 Å². The molecule has 0 aromatic carbocycles. The zero-order chi connectivity index (χ0) is 18.1. The highest BCUT2D eigenvalue weighted by Crippen LogP contribution is 2.40. The highest BCUT2D eigenvalue weighted by atomic mass is 32.1. The number of hydrogen-bond donors (Lipinski definition) is 0. The van der Waals surface area contributed by atoms with Crippen LogP contribution in [0.25, 0.3) is 0 Å². The lowest BCUT2D eigenvalue weighted by Gasteiger charge is -2.25. The van der Waals surface area contributed by atoms with Crippen LogP contribution in [0.2, 0.25) is 0 Å². The first-order chi connectivity index (χ1) is 11.0. The van der Waals surface area contributed by atoms with Crippen LogP contribution in [0, 0.1) is 11.3 Å². The fraction of sp³-hybridized carbons (Fsp3) is 0.667. The number of hydrogen-bond acceptors (Lipinski definition) is 5. The molecule has 1 atom stereocenters. The molecule has 0 spiro atoms. The molecule has 1 aliphatic rings. The summed E-state index contributed by atoms with van der Waals surface area (Å²) in [5.74, 6) is -0.0701. The Hall–Kier alpha value is -1.64. The van der Waals surface area contributed by atoms with Gasteiger partial charge in [0.15, 0.2) is 6.61 Å². The molecule has 0 N–H and O–H groups in total. The van der Waals surface area contributed by atoms with Crippen molar-refractivity contribution < 1.29 is 22.7 Å². The molecule has 1 aliphatic carbocycles. The average Bonchev–Trinajstić information content (AvgIpc) is 3.02. The number of halogens is 3. The Morgan fingerprint density at radius 1 is 1.46 bits per heavy atom. The SMILES string of the molecule is CCN(C(=O)COc1nnc(C(F)(F)F)s1)C1=CC(C)(C)CC1C. The second-order valence-corrected chi connectivity index (χ2v) is 7.40. The van der Waals surface area contributed by atoms with E-state index in [1.165, 1.54) is 0 Å². The van der Waals surface area contributed by atoms with Crippen molar-refractivity contribution in [1.82, 2.24) is 15.1 Å². The quantitative estimate of drug-likeness (QED) is 0.800. The standard InChI is InChI=1S/C15H20F3N3O2S/c1-5-21(10-7-14(3,4)6-9(10)2)11(22)8-23-13-20-19-12(24-13)15(16,17)18/h7,9H,5-6,8H2,1-4H3. The number of aromatic nitrogens is 2. The minimum Gasteiger partial charge on any atom is -0.459 e. The van der Waals surface area contributed by atoms with Crippen LogP contribution in [0.1, 0.15) is 39.1 Å². The molecule has 1 aromatic heterocycles. The van der Waals surface area contributed by atoms with E-state index >= 15 is 0 Å². The Bertz CT molecular complexity index is 640. The maximum absolute atomic E-state index is 12.5. The molecule has 0 fully saturated rings. The summed E-state index contributed by atoms with van der Waals surface area (Å²) < 4.78 is 42.5. The molecule has 1 unspecified atom stereocenters. The molecule has 134 valence electrons. The third-order valence-corrected chi connectivity index (χ3v) is 4.65. The fourth-order valence-electron chi connectivity index (χ4n) is 2.93. The highest BCUT2D eigenvalue weighted by Gasteiger charge is 2.36. The van der Waals surface area contributed by atoms with Crippen LogP contribution in [0.15, 0.2) is 11.8 Å². The Morgan fingerprint density at radius 2 is 2.12 bits per heavy atom. The molecular formula is C15H20F3N3O2S. The van der Waals surface area contributed by atoms with Crippen molar-refractivity contribution in [2.24, 2.45) is 11.3 Å². The molecule has 9 heteroatoms. The van der Waals surface area contributed by atoms with Crippen LogP contribution in [-0.4, -0.2) is 34.2 Å². The molecule has 0 saturated carbocycles. The lowest BCUT2D eigenvalue weighted by atomic mass is 9.91. The highest BCUT2D eigenvalue weighted by molar-refractivity contribution is 7.13. The summed E-state index contributed by atoms with van der Waals surface area (Å²) in [5.41, 5.74) is 0.953. The van der Waals surface area contributed by atoms with Crippen LogP contribution in [0.5, 0.6) is 5.19 Å². The number of nitrogens with zero attached hydrogens (tertiary/aromatic N) is 3. The topological polar surface area (TPSA) is 55.3 Å². The van der Waals surface area contributed by atoms with E-state index in [-0.39, 0.29) is 40.4 Å². The van der Waals surface area contributed by atoms with Crippen LogP contribution in [0.4, 0.5) is 13.2 Å². The monoisotopic (exact) mass is 363 g/mol. The summed E-state index contributed by atoms with van der Waals surface area (Å²) in [6, 6.07) is 0. The second-order valence-electron chi connectivity index (χ2n) is 6.46. The van der Waals surface area contributed by atoms with Gasteiger partial charge in [0.2, 0.25) is 5.01 Å². The van der Waals surface area contributed by atoms with Gasteiger partial charge in [-0.1, -0.05) is 43.3 Å². The van der Waals surface area contributed by atoms with E-state index in [0.717, 1.165) is 12.1 Å². The van der Waals surface area contributed by atoms with Crippen molar-refractivity contribution in [2.45, 2.75) is 40.3 Å². The van der Waals surface area contributed by atoms with Gasteiger partial charge in [-0.15, -0.1) is 5.10 Å². The van der Waals surface area contributed by atoms with E-state index in [4.69, 9.17) is 4.74 Å². The predicted molar refractivity (Wildman–Crippen MR) is 83.4 cm³/mol. The molecule has 0 radical (unpaired) electrons. The van der Waals surface area contributed by atoms with Crippen molar-refractivity contribution in [3.8, 4) is 5.19 Å². The van der Waals surface area contributed by atoms with E-state index in [0.29, 0.717) is 6.54 Å². The van der Waals surface area contributed by atoms with E-state index in [2.05, 4.69) is 37.0 Å². The number of amides is 1. The van der Waals surface area contributed by atoms with Crippen LogP contribution in [0.3, 0.4) is 0 Å². The molecule has 0 bridgehead atoms. The number of carbonyl (C=O) groups is 1. The van der Waals surface area contributed by atoms with Gasteiger partial charge < -0.3 is 9.64 Å². The van der Waals surface area contributed by atoms with Crippen molar-refractivity contribution in [3.05, 3.63) is 16.8 Å². The number of carbonyl (C=O) groups excluding carboxylic acids is 1. The minimum atomic E-state index is -4.56. The summed E-state index contributed by atoms with van der Waals surface area (Å²) in [5, 5.41) is 4.98. The molecule has 5 nitrogen and oxygen atoms in total. The van der Waals surface area contributed by atoms with E-state index in [1.807, 2.05) is 6.92 Å². The van der Waals surface area contributed by atoms with Gasteiger partial charge in [0.05, 0.1) is 0 Å². The Balaban J connectivity index is 2.02. The summed E-state index contributed by atoms with van der Waals surface area (Å²) in [7, 11) is 0. The molecule has 0 aliphatic heterocycles. The normalized spacial score (nSPS) is 20.0. The smallest absolute Gasteiger partial charge is 0.445 e. The van der Waals surface area contributed by atoms with Crippen LogP contribution in [-0.2, 0) is 11.0 Å². The van der Waals surface area contributed by atoms with Gasteiger partial charge in [-0.25, -0.2) is 0 Å². The van der Waals surface area contributed by atoms with Gasteiger partial charge in [-0.3, -0.25) is 4.79 Å². The first-order valence-corrected chi connectivity index (χ1v) is 8.42. The molecular weight excluding hydrogens is 343 g/mol. The number of rotatable bonds is 5. The Labute approximate surface area is 142 Å². The second kappa shape index (κ2) is 6.70. The molecule has 1 heterocycles. The lowest BCUT2D eigenvalue weighted by molar-refractivity contribution is -0.138. The molecule has 1 amide bonds. The zero-order valence-corrected chi connectivity index (χ0v) is 14.8.